The van der Waals surface area contributed by atoms with Crippen LogP contribution in [0.2, 0.25) is 0 Å². The molecule has 2 nitrogen and oxygen atoms in total. The van der Waals surface area contributed by atoms with Crippen molar-refractivity contribution in [2.24, 2.45) is 0 Å². The monoisotopic (exact) mass is 190 g/mol. The lowest BCUT2D eigenvalue weighted by atomic mass is 10.1. The van der Waals surface area contributed by atoms with E-state index in [1.54, 1.807) is 0 Å². The summed E-state index contributed by atoms with van der Waals surface area (Å²) in [5, 5.41) is 5.23. The molecule has 0 spiro atoms. The molecule has 1 aliphatic rings. The van der Waals surface area contributed by atoms with Crippen molar-refractivity contribution in [2.75, 3.05) is 26.2 Å². The van der Waals surface area contributed by atoms with Crippen molar-refractivity contribution in [3.8, 4) is 0 Å². The van der Waals surface area contributed by atoms with Gasteiger partial charge in [0, 0.05) is 31.6 Å². The van der Waals surface area contributed by atoms with Crippen molar-refractivity contribution in [3.05, 3.63) is 0 Å². The molecule has 0 aromatic heterocycles. The normalized spacial score (nSPS) is 22.0. The summed E-state index contributed by atoms with van der Waals surface area (Å²) in [5.74, 6) is 0. The molecular formula is C9H19ClN2. The number of alkyl halides is 1. The fourth-order valence-corrected chi connectivity index (χ4v) is 1.94. The van der Waals surface area contributed by atoms with Gasteiger partial charge in [-0.3, -0.25) is 0 Å². The van der Waals surface area contributed by atoms with Crippen LogP contribution in [0.3, 0.4) is 0 Å². The third-order valence-electron chi connectivity index (χ3n) is 2.53. The van der Waals surface area contributed by atoms with Gasteiger partial charge < -0.3 is 0 Å². The Balaban J connectivity index is 2.32. The van der Waals surface area contributed by atoms with E-state index < -0.39 is 0 Å². The molecule has 0 amide bonds. The van der Waals surface area contributed by atoms with Crippen LogP contribution >= 0.6 is 11.6 Å². The molecular weight excluding hydrogens is 172 g/mol. The summed E-state index contributed by atoms with van der Waals surface area (Å²) in [6.07, 6.45) is 2.27. The summed E-state index contributed by atoms with van der Waals surface area (Å²) in [7, 11) is 0. The number of hydrogen-bond acceptors (Lipinski definition) is 2. The summed E-state index contributed by atoms with van der Waals surface area (Å²) in [6, 6.07) is 0. The number of halogens is 1. The van der Waals surface area contributed by atoms with E-state index in [0.29, 0.717) is 5.38 Å². The zero-order chi connectivity index (χ0) is 8.97. The third-order valence-corrected chi connectivity index (χ3v) is 2.97. The van der Waals surface area contributed by atoms with Gasteiger partial charge in [0.25, 0.3) is 0 Å². The molecule has 0 aliphatic carbocycles. The summed E-state index contributed by atoms with van der Waals surface area (Å²) in [4.78, 5) is 0. The molecule has 12 heavy (non-hydrogen) atoms. The highest BCUT2D eigenvalue weighted by atomic mass is 35.5. The first kappa shape index (κ1) is 10.3. The van der Waals surface area contributed by atoms with E-state index in [2.05, 4.69) is 23.9 Å². The van der Waals surface area contributed by atoms with Crippen molar-refractivity contribution in [2.45, 2.75) is 32.1 Å². The van der Waals surface area contributed by atoms with E-state index >= 15 is 0 Å². The maximum absolute atomic E-state index is 6.03. The Bertz CT molecular complexity index is 118. The van der Waals surface area contributed by atoms with Gasteiger partial charge in [0.1, 0.15) is 0 Å². The zero-order valence-electron chi connectivity index (χ0n) is 8.09. The highest BCUT2D eigenvalue weighted by Gasteiger charge is 2.19. The van der Waals surface area contributed by atoms with Crippen LogP contribution in [-0.2, 0) is 0 Å². The quantitative estimate of drug-likeness (QED) is 0.628. The van der Waals surface area contributed by atoms with Gasteiger partial charge in [0.15, 0.2) is 0 Å². The van der Waals surface area contributed by atoms with E-state index in [0.717, 1.165) is 39.0 Å². The number of hydrogen-bond donors (Lipinski definition) is 0. The van der Waals surface area contributed by atoms with E-state index in [1.165, 1.54) is 0 Å². The second-order valence-corrected chi connectivity index (χ2v) is 3.88. The molecule has 1 aliphatic heterocycles. The molecule has 0 saturated carbocycles. The van der Waals surface area contributed by atoms with Crippen LogP contribution < -0.4 is 0 Å². The van der Waals surface area contributed by atoms with Gasteiger partial charge in [0.05, 0.1) is 0 Å². The average molecular weight is 191 g/mol. The summed E-state index contributed by atoms with van der Waals surface area (Å²) >= 11 is 6.03. The average Bonchev–Trinajstić information content (AvgIpc) is 2.10. The first-order valence-corrected chi connectivity index (χ1v) is 5.35. The SMILES string of the molecule is CCN(CC)N1CCC(Cl)CC1. The number of hydrazine groups is 1. The predicted octanol–water partition coefficient (Wildman–Crippen LogP) is 1.95. The topological polar surface area (TPSA) is 6.48 Å². The second kappa shape index (κ2) is 5.05. The largest absolute Gasteiger partial charge is 0.242 e. The van der Waals surface area contributed by atoms with Gasteiger partial charge in [-0.05, 0) is 12.8 Å². The molecule has 1 saturated heterocycles. The van der Waals surface area contributed by atoms with Gasteiger partial charge in [-0.2, -0.15) is 0 Å². The van der Waals surface area contributed by atoms with E-state index in [9.17, 15) is 0 Å². The molecule has 0 unspecified atom stereocenters. The molecule has 1 heterocycles. The lowest BCUT2D eigenvalue weighted by Gasteiger charge is -2.37. The van der Waals surface area contributed by atoms with Crippen LogP contribution in [0.15, 0.2) is 0 Å². The van der Waals surface area contributed by atoms with E-state index in [1.807, 2.05) is 0 Å². The Kier molecular flexibility index (Phi) is 4.33. The Morgan fingerprint density at radius 2 is 1.75 bits per heavy atom. The van der Waals surface area contributed by atoms with Crippen molar-refractivity contribution in [1.82, 2.24) is 10.0 Å². The molecule has 0 N–H and O–H groups in total. The zero-order valence-corrected chi connectivity index (χ0v) is 8.85. The van der Waals surface area contributed by atoms with Crippen LogP contribution in [0.25, 0.3) is 0 Å². The fraction of sp³-hybridized carbons (Fsp3) is 1.00. The standard InChI is InChI=1S/C9H19ClN2/c1-3-11(4-2)12-7-5-9(10)6-8-12/h9H,3-8H2,1-2H3. The van der Waals surface area contributed by atoms with Crippen molar-refractivity contribution >= 4 is 11.6 Å². The van der Waals surface area contributed by atoms with Crippen molar-refractivity contribution in [3.63, 3.8) is 0 Å². The van der Waals surface area contributed by atoms with Gasteiger partial charge in [-0.25, -0.2) is 10.0 Å². The minimum atomic E-state index is 0.414. The van der Waals surface area contributed by atoms with Gasteiger partial charge >= 0.3 is 0 Å². The van der Waals surface area contributed by atoms with E-state index in [4.69, 9.17) is 11.6 Å². The van der Waals surface area contributed by atoms with Crippen molar-refractivity contribution < 1.29 is 0 Å². The van der Waals surface area contributed by atoms with Gasteiger partial charge in [-0.15, -0.1) is 11.6 Å². The predicted molar refractivity (Wildman–Crippen MR) is 53.4 cm³/mol. The Morgan fingerprint density at radius 1 is 1.25 bits per heavy atom. The van der Waals surface area contributed by atoms with Crippen molar-refractivity contribution in [1.29, 1.82) is 0 Å². The Morgan fingerprint density at radius 3 is 2.17 bits per heavy atom. The molecule has 0 aromatic rings. The molecule has 1 fully saturated rings. The first-order valence-electron chi connectivity index (χ1n) is 4.91. The minimum absolute atomic E-state index is 0.414. The molecule has 0 aromatic carbocycles. The molecule has 0 radical (unpaired) electrons. The van der Waals surface area contributed by atoms with Crippen LogP contribution in [-0.4, -0.2) is 41.6 Å². The van der Waals surface area contributed by atoms with Crippen LogP contribution in [0, 0.1) is 0 Å². The summed E-state index contributed by atoms with van der Waals surface area (Å²) in [5.41, 5.74) is 0. The van der Waals surface area contributed by atoms with E-state index in [-0.39, 0.29) is 0 Å². The molecule has 72 valence electrons. The van der Waals surface area contributed by atoms with Crippen LogP contribution in [0.5, 0.6) is 0 Å². The smallest absolute Gasteiger partial charge is 0.0361 e. The summed E-state index contributed by atoms with van der Waals surface area (Å²) < 4.78 is 0. The number of nitrogens with zero attached hydrogens (tertiary/aromatic N) is 2. The third kappa shape index (κ3) is 2.61. The highest BCUT2D eigenvalue weighted by Crippen LogP contribution is 2.16. The maximum Gasteiger partial charge on any atom is 0.0361 e. The minimum Gasteiger partial charge on any atom is -0.242 e. The second-order valence-electron chi connectivity index (χ2n) is 3.27. The Labute approximate surface area is 80.4 Å². The Hall–Kier alpha value is 0.210. The number of piperidine rings is 1. The highest BCUT2D eigenvalue weighted by molar-refractivity contribution is 6.20. The molecule has 1 rings (SSSR count). The maximum atomic E-state index is 6.03. The first-order chi connectivity index (χ1) is 5.77. The lowest BCUT2D eigenvalue weighted by Crippen LogP contribution is -2.47. The molecule has 0 bridgehead atoms. The number of rotatable bonds is 3. The molecule has 3 heteroatoms. The van der Waals surface area contributed by atoms with Gasteiger partial charge in [0.2, 0.25) is 0 Å². The molecule has 0 atom stereocenters. The fourth-order valence-electron chi connectivity index (χ4n) is 1.74. The lowest BCUT2D eigenvalue weighted by molar-refractivity contribution is -0.0300. The van der Waals surface area contributed by atoms with Crippen LogP contribution in [0.4, 0.5) is 0 Å². The van der Waals surface area contributed by atoms with Crippen LogP contribution in [0.1, 0.15) is 26.7 Å². The summed E-state index contributed by atoms with van der Waals surface area (Å²) in [6.45, 7) is 8.91. The van der Waals surface area contributed by atoms with Gasteiger partial charge in [-0.1, -0.05) is 13.8 Å².